The lowest BCUT2D eigenvalue weighted by molar-refractivity contribution is -0.124. The third-order valence-electron chi connectivity index (χ3n) is 13.1. The second-order valence-corrected chi connectivity index (χ2v) is 17.0. The summed E-state index contributed by atoms with van der Waals surface area (Å²) in [4.78, 5) is 58.2. The molecule has 2 aliphatic heterocycles. The van der Waals surface area contributed by atoms with Crippen molar-refractivity contribution in [3.63, 3.8) is 0 Å². The largest absolute Gasteiger partial charge is 0.271 e. The molecule has 2 heterocycles. The summed E-state index contributed by atoms with van der Waals surface area (Å²) in [6.45, 7) is 10.2. The van der Waals surface area contributed by atoms with Gasteiger partial charge in [-0.3, -0.25) is 29.0 Å². The van der Waals surface area contributed by atoms with Crippen LogP contribution in [-0.2, 0) is 4.79 Å². The van der Waals surface area contributed by atoms with Crippen molar-refractivity contribution in [3.8, 4) is 56.9 Å². The normalized spacial score (nSPS) is 15.2. The molecular formula is C57H54N2O4. The van der Waals surface area contributed by atoms with Gasteiger partial charge in [0, 0.05) is 45.8 Å². The third-order valence-corrected chi connectivity index (χ3v) is 13.1. The Labute approximate surface area is 371 Å². The van der Waals surface area contributed by atoms with Crippen molar-refractivity contribution >= 4 is 40.0 Å². The number of benzene rings is 6. The topological polar surface area (TPSA) is 74.8 Å². The Bertz CT molecular complexity index is 2800. The smallest absolute Gasteiger partial charge is 0.262 e. The number of nitrogens with zero attached hydrogens (tertiary/aromatic N) is 2. The first-order chi connectivity index (χ1) is 30.6. The van der Waals surface area contributed by atoms with E-state index in [2.05, 4.69) is 99.5 Å². The van der Waals surface area contributed by atoms with Gasteiger partial charge in [0.25, 0.3) is 23.6 Å². The van der Waals surface area contributed by atoms with Gasteiger partial charge in [0.15, 0.2) is 0 Å². The van der Waals surface area contributed by atoms with E-state index in [1.807, 2.05) is 56.3 Å². The average Bonchev–Trinajstić information content (AvgIpc) is 3.31. The summed E-state index contributed by atoms with van der Waals surface area (Å²) < 4.78 is 0. The molecule has 0 spiro atoms. The number of allylic oxidation sites excluding steroid dienone is 1. The van der Waals surface area contributed by atoms with Crippen LogP contribution in [0.3, 0.4) is 0 Å². The molecule has 0 N–H and O–H groups in total. The number of unbranched alkanes of at least 4 members (excludes halogenated alkanes) is 3. The maximum Gasteiger partial charge on any atom is 0.262 e. The first kappa shape index (κ1) is 42.8. The molecule has 0 bridgehead atoms. The molecule has 6 aromatic carbocycles. The zero-order valence-corrected chi connectivity index (χ0v) is 37.0. The summed E-state index contributed by atoms with van der Waals surface area (Å²) in [7, 11) is 0. The Kier molecular flexibility index (Phi) is 12.4. The number of terminal acetylenes is 1. The first-order valence-corrected chi connectivity index (χ1v) is 22.5. The predicted molar refractivity (Wildman–Crippen MR) is 256 cm³/mol. The molecule has 2 unspecified atom stereocenters. The summed E-state index contributed by atoms with van der Waals surface area (Å²) in [5.74, 6) is 1.56. The Morgan fingerprint density at radius 2 is 1.03 bits per heavy atom. The van der Waals surface area contributed by atoms with Crippen LogP contribution in [0.1, 0.15) is 121 Å². The molecule has 0 aliphatic carbocycles. The molecule has 6 heteroatoms. The van der Waals surface area contributed by atoms with Gasteiger partial charge in [0.2, 0.25) is 0 Å². The number of amides is 4. The van der Waals surface area contributed by atoms with Gasteiger partial charge in [-0.15, -0.1) is 6.42 Å². The minimum absolute atomic E-state index is 0.107. The molecule has 0 saturated carbocycles. The number of carbonyl (C=O) groups excluding carboxylic acids is 4. The zero-order valence-electron chi connectivity index (χ0n) is 37.0. The van der Waals surface area contributed by atoms with Crippen LogP contribution in [0.2, 0.25) is 0 Å². The van der Waals surface area contributed by atoms with E-state index in [0.29, 0.717) is 27.8 Å². The van der Waals surface area contributed by atoms with E-state index in [9.17, 15) is 19.2 Å². The maximum absolute atomic E-state index is 13.9. The summed E-state index contributed by atoms with van der Waals surface area (Å²) in [6.07, 6.45) is 14.6. The fraction of sp³-hybridized carbons (Fsp3) is 0.263. The Morgan fingerprint density at radius 1 is 0.540 bits per heavy atom. The molecule has 316 valence electrons. The average molecular weight is 831 g/mol. The van der Waals surface area contributed by atoms with Crippen LogP contribution in [-0.4, -0.2) is 45.5 Å². The van der Waals surface area contributed by atoms with Crippen molar-refractivity contribution in [2.45, 2.75) is 98.1 Å². The molecule has 4 amide bonds. The van der Waals surface area contributed by atoms with Crippen LogP contribution in [0.15, 0.2) is 121 Å². The number of carbonyl (C=O) groups is 4. The summed E-state index contributed by atoms with van der Waals surface area (Å²) in [5.41, 5.74) is 11.8. The quantitative estimate of drug-likeness (QED) is 0.0474. The highest BCUT2D eigenvalue weighted by Gasteiger charge is 2.39. The molecule has 2 atom stereocenters. The van der Waals surface area contributed by atoms with Gasteiger partial charge in [-0.2, -0.15) is 0 Å². The second kappa shape index (κ2) is 18.2. The molecule has 6 nitrogen and oxygen atoms in total. The van der Waals surface area contributed by atoms with Gasteiger partial charge < -0.3 is 0 Å². The number of rotatable bonds is 14. The van der Waals surface area contributed by atoms with E-state index in [1.54, 1.807) is 0 Å². The lowest BCUT2D eigenvalue weighted by Crippen LogP contribution is -2.47. The Morgan fingerprint density at radius 3 is 1.59 bits per heavy atom. The molecule has 0 saturated heterocycles. The van der Waals surface area contributed by atoms with Gasteiger partial charge in [0.05, 0.1) is 5.57 Å². The van der Waals surface area contributed by atoms with E-state index >= 15 is 0 Å². The fourth-order valence-electron chi connectivity index (χ4n) is 9.64. The molecule has 63 heavy (non-hydrogen) atoms. The summed E-state index contributed by atoms with van der Waals surface area (Å²) >= 11 is 0. The van der Waals surface area contributed by atoms with E-state index in [0.717, 1.165) is 112 Å². The van der Waals surface area contributed by atoms with E-state index < -0.39 is 0 Å². The highest BCUT2D eigenvalue weighted by atomic mass is 16.2. The fourth-order valence-corrected chi connectivity index (χ4v) is 9.64. The van der Waals surface area contributed by atoms with Crippen LogP contribution in [0, 0.1) is 19.3 Å². The van der Waals surface area contributed by atoms with Crippen molar-refractivity contribution in [2.75, 3.05) is 0 Å². The van der Waals surface area contributed by atoms with Crippen LogP contribution in [0.4, 0.5) is 0 Å². The Hall–Kier alpha value is -6.84. The van der Waals surface area contributed by atoms with Crippen molar-refractivity contribution < 1.29 is 19.2 Å². The minimum atomic E-state index is -0.334. The van der Waals surface area contributed by atoms with Gasteiger partial charge in [-0.25, -0.2) is 0 Å². The van der Waals surface area contributed by atoms with Gasteiger partial charge >= 0.3 is 0 Å². The first-order valence-electron chi connectivity index (χ1n) is 22.5. The van der Waals surface area contributed by atoms with Crippen molar-refractivity contribution in [1.29, 1.82) is 0 Å². The molecule has 8 rings (SSSR count). The number of hydrogen-bond acceptors (Lipinski definition) is 4. The molecule has 6 aromatic rings. The minimum Gasteiger partial charge on any atom is -0.271 e. The third kappa shape index (κ3) is 7.82. The summed E-state index contributed by atoms with van der Waals surface area (Å²) in [5, 5.41) is 1.65. The molecule has 0 fully saturated rings. The highest BCUT2D eigenvalue weighted by Crippen LogP contribution is 2.40. The van der Waals surface area contributed by atoms with Crippen molar-refractivity contribution in [2.24, 2.45) is 0 Å². The van der Waals surface area contributed by atoms with Gasteiger partial charge in [-0.05, 0) is 107 Å². The predicted octanol–water partition coefficient (Wildman–Crippen LogP) is 13.3. The lowest BCUT2D eigenvalue weighted by atomic mass is 9.84. The monoisotopic (exact) mass is 830 g/mol. The standard InChI is InChI=1S/C57H54N2O4/c1-7-11-13-17-44(10-4)59-56(62)49-19-14-18-47-46(33-35-51(53(47)49)57(59)63)43-30-26-41(27-31-43)39-22-20-38(21-23-39)40-24-28-42(29-25-40)45-32-34-50-52(37(45)6)48(15-9-3)54(60)58(55(50)61)36(5)16-12-8-2/h3,14-15,18-36,44H,7-8,10-13,16-17H2,1-2,4-6H3/b48-15+. The van der Waals surface area contributed by atoms with E-state index in [1.165, 1.54) is 15.9 Å². The molecule has 0 aromatic heterocycles. The van der Waals surface area contributed by atoms with Crippen molar-refractivity contribution in [3.05, 3.63) is 149 Å². The molecular weight excluding hydrogens is 777 g/mol. The number of hydrogen-bond donors (Lipinski definition) is 0. The number of imide groups is 2. The highest BCUT2D eigenvalue weighted by molar-refractivity contribution is 6.32. The lowest BCUT2D eigenvalue weighted by Gasteiger charge is -2.34. The maximum atomic E-state index is 13.9. The number of fused-ring (bicyclic) bond motifs is 1. The zero-order chi connectivity index (χ0) is 44.4. The van der Waals surface area contributed by atoms with Crippen LogP contribution >= 0.6 is 0 Å². The summed E-state index contributed by atoms with van der Waals surface area (Å²) in [6, 6.07) is 38.5. The van der Waals surface area contributed by atoms with Crippen LogP contribution in [0.25, 0.3) is 60.9 Å². The van der Waals surface area contributed by atoms with Crippen LogP contribution < -0.4 is 0 Å². The van der Waals surface area contributed by atoms with Crippen molar-refractivity contribution in [1.82, 2.24) is 9.80 Å². The van der Waals surface area contributed by atoms with E-state index in [4.69, 9.17) is 6.42 Å². The second-order valence-electron chi connectivity index (χ2n) is 17.0. The SMILES string of the molecule is C#C/C=C1/C(=O)N(C(C)CCCC)C(=O)c2ccc(-c3ccc(-c4ccc(-c5ccc(-c6ccc7c8c(cccc68)C(=O)N(C(CC)CCCCC)C7=O)cc5)cc4)cc3)c(C)c21. The van der Waals surface area contributed by atoms with Gasteiger partial charge in [-0.1, -0.05) is 156 Å². The Balaban J connectivity index is 1.01. The molecule has 2 aliphatic rings. The van der Waals surface area contributed by atoms with Crippen LogP contribution in [0.5, 0.6) is 0 Å². The van der Waals surface area contributed by atoms with Gasteiger partial charge in [0.1, 0.15) is 0 Å². The van der Waals surface area contributed by atoms with E-state index in [-0.39, 0.29) is 35.7 Å². The molecule has 0 radical (unpaired) electrons.